The summed E-state index contributed by atoms with van der Waals surface area (Å²) >= 11 is 0. The quantitative estimate of drug-likeness (QED) is 0.682. The number of rotatable bonds is 10. The van der Waals surface area contributed by atoms with Crippen LogP contribution in [-0.4, -0.2) is 19.7 Å². The molecule has 0 radical (unpaired) electrons. The summed E-state index contributed by atoms with van der Waals surface area (Å²) in [6, 6.07) is 5.73. The van der Waals surface area contributed by atoms with Gasteiger partial charge in [-0.1, -0.05) is 39.7 Å². The van der Waals surface area contributed by atoms with Crippen molar-refractivity contribution in [3.63, 3.8) is 0 Å². The molecule has 21 heavy (non-hydrogen) atoms. The van der Waals surface area contributed by atoms with E-state index in [2.05, 4.69) is 26.1 Å². The van der Waals surface area contributed by atoms with Crippen LogP contribution < -0.4 is 10.1 Å². The summed E-state index contributed by atoms with van der Waals surface area (Å²) in [5.41, 5.74) is 1.04. The molecule has 0 amide bonds. The van der Waals surface area contributed by atoms with E-state index in [4.69, 9.17) is 4.74 Å². The summed E-state index contributed by atoms with van der Waals surface area (Å²) < 4.78 is 18.8. The van der Waals surface area contributed by atoms with Crippen LogP contribution in [-0.2, 0) is 6.42 Å². The van der Waals surface area contributed by atoms with Crippen LogP contribution in [0, 0.1) is 11.7 Å². The van der Waals surface area contributed by atoms with E-state index in [9.17, 15) is 4.39 Å². The van der Waals surface area contributed by atoms with Crippen molar-refractivity contribution in [1.82, 2.24) is 5.32 Å². The molecule has 0 saturated heterocycles. The minimum atomic E-state index is -0.271. The van der Waals surface area contributed by atoms with Crippen molar-refractivity contribution in [2.24, 2.45) is 5.92 Å². The Kier molecular flexibility index (Phi) is 8.36. The predicted octanol–water partition coefficient (Wildman–Crippen LogP) is 4.57. The Morgan fingerprint density at radius 3 is 2.29 bits per heavy atom. The standard InChI is InChI=1S/C18H30FNO/c1-5-8-15(9-6-2)17(20-7-3)13-14-10-11-18(21-4)16(19)12-14/h10-12,15,17,20H,5-9,13H2,1-4H3. The molecule has 0 aliphatic heterocycles. The lowest BCUT2D eigenvalue weighted by atomic mass is 9.86. The molecule has 0 heterocycles. The third-order valence-corrected chi connectivity index (χ3v) is 4.03. The summed E-state index contributed by atoms with van der Waals surface area (Å²) in [5.74, 6) is 0.704. The Bertz CT molecular complexity index is 402. The van der Waals surface area contributed by atoms with Gasteiger partial charge in [0, 0.05) is 6.04 Å². The van der Waals surface area contributed by atoms with Crippen LogP contribution in [0.15, 0.2) is 18.2 Å². The first-order valence-corrected chi connectivity index (χ1v) is 8.21. The van der Waals surface area contributed by atoms with E-state index in [-0.39, 0.29) is 5.82 Å². The van der Waals surface area contributed by atoms with Gasteiger partial charge >= 0.3 is 0 Å². The number of hydrogen-bond acceptors (Lipinski definition) is 2. The topological polar surface area (TPSA) is 21.3 Å². The summed E-state index contributed by atoms with van der Waals surface area (Å²) in [6.45, 7) is 7.56. The van der Waals surface area contributed by atoms with E-state index in [1.807, 2.05) is 6.07 Å². The van der Waals surface area contributed by atoms with Crippen LogP contribution in [0.2, 0.25) is 0 Å². The number of likely N-dealkylation sites (N-methyl/N-ethyl adjacent to an activating group) is 1. The minimum Gasteiger partial charge on any atom is -0.494 e. The van der Waals surface area contributed by atoms with Gasteiger partial charge in [0.2, 0.25) is 0 Å². The summed E-state index contributed by atoms with van der Waals surface area (Å²) in [6.07, 6.45) is 5.72. The van der Waals surface area contributed by atoms with Gasteiger partial charge in [-0.15, -0.1) is 0 Å². The Labute approximate surface area is 129 Å². The maximum atomic E-state index is 13.8. The summed E-state index contributed by atoms with van der Waals surface area (Å²) in [5, 5.41) is 3.60. The fourth-order valence-electron chi connectivity index (χ4n) is 3.05. The third kappa shape index (κ3) is 5.66. The molecule has 1 N–H and O–H groups in total. The molecule has 1 aromatic carbocycles. The highest BCUT2D eigenvalue weighted by Crippen LogP contribution is 2.23. The van der Waals surface area contributed by atoms with Gasteiger partial charge < -0.3 is 10.1 Å². The van der Waals surface area contributed by atoms with E-state index < -0.39 is 0 Å². The van der Waals surface area contributed by atoms with Crippen molar-refractivity contribution in [3.05, 3.63) is 29.6 Å². The zero-order chi connectivity index (χ0) is 15.7. The largest absolute Gasteiger partial charge is 0.494 e. The first kappa shape index (κ1) is 18.0. The lowest BCUT2D eigenvalue weighted by molar-refractivity contribution is 0.312. The highest BCUT2D eigenvalue weighted by atomic mass is 19.1. The van der Waals surface area contributed by atoms with Gasteiger partial charge in [0.15, 0.2) is 11.6 Å². The zero-order valence-corrected chi connectivity index (χ0v) is 13.9. The monoisotopic (exact) mass is 295 g/mol. The maximum absolute atomic E-state index is 13.8. The third-order valence-electron chi connectivity index (χ3n) is 4.03. The summed E-state index contributed by atoms with van der Waals surface area (Å²) in [7, 11) is 1.50. The van der Waals surface area contributed by atoms with Crippen molar-refractivity contribution in [3.8, 4) is 5.75 Å². The molecule has 1 aromatic rings. The van der Waals surface area contributed by atoms with Crippen molar-refractivity contribution in [2.45, 2.75) is 58.9 Å². The Morgan fingerprint density at radius 2 is 1.81 bits per heavy atom. The maximum Gasteiger partial charge on any atom is 0.165 e. The second-order valence-corrected chi connectivity index (χ2v) is 5.67. The van der Waals surface area contributed by atoms with Gasteiger partial charge in [-0.2, -0.15) is 0 Å². The molecule has 0 aliphatic carbocycles. The Morgan fingerprint density at radius 1 is 1.14 bits per heavy atom. The molecular formula is C18H30FNO. The van der Waals surface area contributed by atoms with Gasteiger partial charge in [-0.25, -0.2) is 4.39 Å². The van der Waals surface area contributed by atoms with Crippen LogP contribution in [0.3, 0.4) is 0 Å². The van der Waals surface area contributed by atoms with Gasteiger partial charge in [0.25, 0.3) is 0 Å². The Balaban J connectivity index is 2.82. The highest BCUT2D eigenvalue weighted by Gasteiger charge is 2.20. The molecule has 0 fully saturated rings. The number of ether oxygens (including phenoxy) is 1. The van der Waals surface area contributed by atoms with Gasteiger partial charge in [-0.05, 0) is 49.4 Å². The van der Waals surface area contributed by atoms with Crippen LogP contribution in [0.1, 0.15) is 52.0 Å². The molecule has 0 aliphatic rings. The predicted molar refractivity (Wildman–Crippen MR) is 87.4 cm³/mol. The second kappa shape index (κ2) is 9.78. The second-order valence-electron chi connectivity index (χ2n) is 5.67. The minimum absolute atomic E-state index is 0.271. The first-order chi connectivity index (χ1) is 10.2. The Hall–Kier alpha value is -1.09. The van der Waals surface area contributed by atoms with E-state index in [1.165, 1.54) is 32.8 Å². The van der Waals surface area contributed by atoms with Crippen molar-refractivity contribution in [2.75, 3.05) is 13.7 Å². The lowest BCUT2D eigenvalue weighted by Crippen LogP contribution is -2.38. The van der Waals surface area contributed by atoms with Gasteiger partial charge in [0.1, 0.15) is 0 Å². The normalized spacial score (nSPS) is 12.7. The molecule has 1 rings (SSSR count). The zero-order valence-electron chi connectivity index (χ0n) is 13.9. The number of nitrogens with one attached hydrogen (secondary N) is 1. The van der Waals surface area contributed by atoms with Gasteiger partial charge in [0.05, 0.1) is 7.11 Å². The van der Waals surface area contributed by atoms with Crippen LogP contribution in [0.4, 0.5) is 4.39 Å². The molecule has 2 nitrogen and oxygen atoms in total. The van der Waals surface area contributed by atoms with Crippen LogP contribution in [0.25, 0.3) is 0 Å². The molecular weight excluding hydrogens is 265 g/mol. The average molecular weight is 295 g/mol. The number of halogens is 1. The fourth-order valence-corrected chi connectivity index (χ4v) is 3.05. The molecule has 120 valence electrons. The number of methoxy groups -OCH3 is 1. The van der Waals surface area contributed by atoms with Crippen LogP contribution in [0.5, 0.6) is 5.75 Å². The SMILES string of the molecule is CCCC(CCC)C(Cc1ccc(OC)c(F)c1)NCC. The van der Waals surface area contributed by atoms with Crippen LogP contribution >= 0.6 is 0 Å². The van der Waals surface area contributed by atoms with Crippen molar-refractivity contribution in [1.29, 1.82) is 0 Å². The van der Waals surface area contributed by atoms with Crippen molar-refractivity contribution >= 4 is 0 Å². The highest BCUT2D eigenvalue weighted by molar-refractivity contribution is 5.29. The van der Waals surface area contributed by atoms with Crippen molar-refractivity contribution < 1.29 is 9.13 Å². The molecule has 1 atom stereocenters. The van der Waals surface area contributed by atoms with E-state index in [0.29, 0.717) is 17.7 Å². The molecule has 0 spiro atoms. The van der Waals surface area contributed by atoms with E-state index in [0.717, 1.165) is 18.5 Å². The van der Waals surface area contributed by atoms with Gasteiger partial charge in [-0.3, -0.25) is 0 Å². The smallest absolute Gasteiger partial charge is 0.165 e. The fraction of sp³-hybridized carbons (Fsp3) is 0.667. The molecule has 0 saturated carbocycles. The lowest BCUT2D eigenvalue weighted by Gasteiger charge is -2.28. The molecule has 3 heteroatoms. The molecule has 0 aromatic heterocycles. The number of benzene rings is 1. The number of hydrogen-bond donors (Lipinski definition) is 1. The molecule has 1 unspecified atom stereocenters. The first-order valence-electron chi connectivity index (χ1n) is 8.21. The molecule has 0 bridgehead atoms. The van der Waals surface area contributed by atoms with E-state index in [1.54, 1.807) is 12.1 Å². The summed E-state index contributed by atoms with van der Waals surface area (Å²) in [4.78, 5) is 0. The van der Waals surface area contributed by atoms with E-state index >= 15 is 0 Å². The average Bonchev–Trinajstić information content (AvgIpc) is 2.47.